The maximum Gasteiger partial charge on any atom is 0.273 e. The Morgan fingerprint density at radius 3 is 2.62 bits per heavy atom. The van der Waals surface area contributed by atoms with Gasteiger partial charge in [0, 0.05) is 28.7 Å². The van der Waals surface area contributed by atoms with E-state index in [0.29, 0.717) is 22.3 Å². The molecule has 124 valence electrons. The third-order valence-corrected chi connectivity index (χ3v) is 4.58. The summed E-state index contributed by atoms with van der Waals surface area (Å²) in [6.07, 6.45) is 1.44. The number of nitrogens with zero attached hydrogens (tertiary/aromatic N) is 2. The van der Waals surface area contributed by atoms with Crippen molar-refractivity contribution in [3.05, 3.63) is 56.8 Å². The molecular weight excluding hydrogens is 369 g/mol. The molecule has 2 heterocycles. The van der Waals surface area contributed by atoms with Gasteiger partial charge in [0.05, 0.1) is 10.0 Å². The zero-order valence-electron chi connectivity index (χ0n) is 13.0. The Kier molecular flexibility index (Phi) is 4.72. The summed E-state index contributed by atoms with van der Waals surface area (Å²) in [4.78, 5) is 16.9. The number of carbonyl (C=O) groups excluding carboxylic acids is 1. The molecule has 1 aromatic carbocycles. The van der Waals surface area contributed by atoms with E-state index in [2.05, 4.69) is 10.3 Å². The van der Waals surface area contributed by atoms with Crippen molar-refractivity contribution in [3.63, 3.8) is 0 Å². The van der Waals surface area contributed by atoms with E-state index in [4.69, 9.17) is 34.8 Å². The molecule has 7 heteroatoms. The molecule has 1 amide bonds. The minimum Gasteiger partial charge on any atom is -0.337 e. The molecular formula is C17H14Cl3N3O. The van der Waals surface area contributed by atoms with Gasteiger partial charge in [-0.1, -0.05) is 34.8 Å². The topological polar surface area (TPSA) is 46.9 Å². The number of rotatable bonds is 3. The van der Waals surface area contributed by atoms with Gasteiger partial charge >= 0.3 is 0 Å². The van der Waals surface area contributed by atoms with Gasteiger partial charge in [-0.15, -0.1) is 0 Å². The summed E-state index contributed by atoms with van der Waals surface area (Å²) in [6, 6.07) is 7.13. The van der Waals surface area contributed by atoms with Crippen molar-refractivity contribution < 1.29 is 4.79 Å². The first-order valence-electron chi connectivity index (χ1n) is 7.33. The van der Waals surface area contributed by atoms with E-state index in [1.807, 2.05) is 36.6 Å². The molecule has 24 heavy (non-hydrogen) atoms. The van der Waals surface area contributed by atoms with Gasteiger partial charge in [-0.3, -0.25) is 4.79 Å². The number of hydrogen-bond acceptors (Lipinski definition) is 2. The number of benzene rings is 1. The fourth-order valence-electron chi connectivity index (χ4n) is 2.79. The average molecular weight is 383 g/mol. The van der Waals surface area contributed by atoms with E-state index < -0.39 is 0 Å². The van der Waals surface area contributed by atoms with Crippen molar-refractivity contribution in [1.82, 2.24) is 9.55 Å². The lowest BCUT2D eigenvalue weighted by Crippen LogP contribution is -2.18. The normalized spacial score (nSPS) is 11.0. The smallest absolute Gasteiger partial charge is 0.273 e. The van der Waals surface area contributed by atoms with E-state index >= 15 is 0 Å². The van der Waals surface area contributed by atoms with Crippen molar-refractivity contribution in [2.24, 2.45) is 0 Å². The predicted octanol–water partition coefficient (Wildman–Crippen LogP) is 5.58. The molecule has 0 aliphatic rings. The number of aromatic nitrogens is 2. The molecule has 0 aliphatic carbocycles. The minimum atomic E-state index is -0.279. The lowest BCUT2D eigenvalue weighted by atomic mass is 10.1. The van der Waals surface area contributed by atoms with E-state index in [-0.39, 0.29) is 16.7 Å². The summed E-state index contributed by atoms with van der Waals surface area (Å²) in [7, 11) is 0. The molecule has 0 radical (unpaired) electrons. The SMILES string of the molecule is CCn1c(C(=O)Nc2ncc(Cl)cc2Cl)c(C)c2cc(Cl)ccc21. The first kappa shape index (κ1) is 17.1. The molecule has 3 aromatic rings. The highest BCUT2D eigenvalue weighted by Crippen LogP contribution is 2.30. The maximum absolute atomic E-state index is 12.8. The van der Waals surface area contributed by atoms with Crippen LogP contribution in [0.25, 0.3) is 10.9 Å². The summed E-state index contributed by atoms with van der Waals surface area (Å²) in [5.41, 5.74) is 2.37. The monoisotopic (exact) mass is 381 g/mol. The van der Waals surface area contributed by atoms with Crippen LogP contribution in [0.15, 0.2) is 30.5 Å². The van der Waals surface area contributed by atoms with Crippen molar-refractivity contribution >= 4 is 57.4 Å². The van der Waals surface area contributed by atoms with E-state index in [1.165, 1.54) is 12.3 Å². The van der Waals surface area contributed by atoms with Crippen LogP contribution in [-0.2, 0) is 6.54 Å². The fraction of sp³-hybridized carbons (Fsp3) is 0.176. The Labute approximate surface area is 154 Å². The molecule has 0 fully saturated rings. The summed E-state index contributed by atoms with van der Waals surface area (Å²) >= 11 is 18.0. The fourth-order valence-corrected chi connectivity index (χ4v) is 3.39. The summed E-state index contributed by atoms with van der Waals surface area (Å²) < 4.78 is 1.94. The van der Waals surface area contributed by atoms with Gasteiger partial charge in [0.15, 0.2) is 5.82 Å². The number of carbonyl (C=O) groups is 1. The number of aryl methyl sites for hydroxylation is 2. The Bertz CT molecular complexity index is 950. The Balaban J connectivity index is 2.08. The number of nitrogens with one attached hydrogen (secondary N) is 1. The van der Waals surface area contributed by atoms with Crippen LogP contribution in [0.5, 0.6) is 0 Å². The molecule has 0 unspecified atom stereocenters. The summed E-state index contributed by atoms with van der Waals surface area (Å²) in [5, 5.41) is 5.03. The van der Waals surface area contributed by atoms with Crippen LogP contribution in [-0.4, -0.2) is 15.5 Å². The second kappa shape index (κ2) is 6.63. The number of hydrogen-bond donors (Lipinski definition) is 1. The number of anilines is 1. The largest absolute Gasteiger partial charge is 0.337 e. The molecule has 4 nitrogen and oxygen atoms in total. The highest BCUT2D eigenvalue weighted by Gasteiger charge is 2.21. The highest BCUT2D eigenvalue weighted by molar-refractivity contribution is 6.36. The molecule has 0 atom stereocenters. The molecule has 0 aliphatic heterocycles. The minimum absolute atomic E-state index is 0.274. The Morgan fingerprint density at radius 1 is 1.21 bits per heavy atom. The van der Waals surface area contributed by atoms with Crippen molar-refractivity contribution in [2.75, 3.05) is 5.32 Å². The summed E-state index contributed by atoms with van der Waals surface area (Å²) in [6.45, 7) is 4.53. The zero-order chi connectivity index (χ0) is 17.4. The van der Waals surface area contributed by atoms with Gasteiger partial charge in [0.1, 0.15) is 5.69 Å². The van der Waals surface area contributed by atoms with E-state index in [1.54, 1.807) is 0 Å². The van der Waals surface area contributed by atoms with Crippen LogP contribution in [0.4, 0.5) is 5.82 Å². The lowest BCUT2D eigenvalue weighted by molar-refractivity contribution is 0.101. The average Bonchev–Trinajstić information content (AvgIpc) is 2.82. The quantitative estimate of drug-likeness (QED) is 0.643. The first-order chi connectivity index (χ1) is 11.4. The van der Waals surface area contributed by atoms with Crippen molar-refractivity contribution in [2.45, 2.75) is 20.4 Å². The second-order valence-corrected chi connectivity index (χ2v) is 6.60. The molecule has 1 N–H and O–H groups in total. The molecule has 0 saturated carbocycles. The lowest BCUT2D eigenvalue weighted by Gasteiger charge is -2.10. The third kappa shape index (κ3) is 2.97. The zero-order valence-corrected chi connectivity index (χ0v) is 15.3. The van der Waals surface area contributed by atoms with Crippen LogP contribution in [0.2, 0.25) is 15.1 Å². The predicted molar refractivity (Wildman–Crippen MR) is 99.6 cm³/mol. The number of fused-ring (bicyclic) bond motifs is 1. The maximum atomic E-state index is 12.8. The first-order valence-corrected chi connectivity index (χ1v) is 8.46. The van der Waals surface area contributed by atoms with Gasteiger partial charge in [-0.05, 0) is 43.7 Å². The van der Waals surface area contributed by atoms with Crippen LogP contribution in [0.1, 0.15) is 23.0 Å². The number of halogens is 3. The summed E-state index contributed by atoms with van der Waals surface area (Å²) in [5.74, 6) is -0.00481. The Morgan fingerprint density at radius 2 is 1.96 bits per heavy atom. The molecule has 2 aromatic heterocycles. The number of amides is 1. The van der Waals surface area contributed by atoms with Gasteiger partial charge in [0.25, 0.3) is 5.91 Å². The van der Waals surface area contributed by atoms with Crippen LogP contribution in [0.3, 0.4) is 0 Å². The van der Waals surface area contributed by atoms with Crippen molar-refractivity contribution in [3.8, 4) is 0 Å². The number of pyridine rings is 1. The molecule has 0 bridgehead atoms. The molecule has 0 saturated heterocycles. The molecule has 3 rings (SSSR count). The van der Waals surface area contributed by atoms with Gasteiger partial charge < -0.3 is 9.88 Å². The van der Waals surface area contributed by atoms with Crippen LogP contribution >= 0.6 is 34.8 Å². The second-order valence-electron chi connectivity index (χ2n) is 5.32. The van der Waals surface area contributed by atoms with Gasteiger partial charge in [-0.25, -0.2) is 4.98 Å². The van der Waals surface area contributed by atoms with Gasteiger partial charge in [-0.2, -0.15) is 0 Å². The standard InChI is InChI=1S/C17H14Cl3N3O/c1-3-23-14-5-4-10(18)6-12(14)9(2)15(23)17(24)22-16-13(20)7-11(19)8-21-16/h4-8H,3H2,1-2H3,(H,21,22,24). The molecule has 0 spiro atoms. The Hall–Kier alpha value is -1.75. The van der Waals surface area contributed by atoms with Crippen LogP contribution in [0, 0.1) is 6.92 Å². The van der Waals surface area contributed by atoms with E-state index in [0.717, 1.165) is 16.5 Å². The highest BCUT2D eigenvalue weighted by atomic mass is 35.5. The van der Waals surface area contributed by atoms with Crippen LogP contribution < -0.4 is 5.32 Å². The van der Waals surface area contributed by atoms with Crippen molar-refractivity contribution in [1.29, 1.82) is 0 Å². The van der Waals surface area contributed by atoms with Gasteiger partial charge in [0.2, 0.25) is 0 Å². The van der Waals surface area contributed by atoms with E-state index in [9.17, 15) is 4.79 Å². The third-order valence-electron chi connectivity index (χ3n) is 3.85.